The summed E-state index contributed by atoms with van der Waals surface area (Å²) in [6, 6.07) is 0.397. The number of amides is 2. The average Bonchev–Trinajstić information content (AvgIpc) is 3.28. The van der Waals surface area contributed by atoms with Gasteiger partial charge in [0.2, 0.25) is 0 Å². The fourth-order valence-corrected chi connectivity index (χ4v) is 3.46. The molecule has 0 saturated heterocycles. The van der Waals surface area contributed by atoms with Gasteiger partial charge in [-0.25, -0.2) is 4.79 Å². The van der Waals surface area contributed by atoms with Crippen LogP contribution in [0, 0.1) is 11.8 Å². The first-order valence-electron chi connectivity index (χ1n) is 8.00. The number of nitrogens with zero attached hydrogens (tertiary/aromatic N) is 3. The Morgan fingerprint density at radius 3 is 2.86 bits per heavy atom. The van der Waals surface area contributed by atoms with Gasteiger partial charge in [-0.15, -0.1) is 0 Å². The van der Waals surface area contributed by atoms with Gasteiger partial charge in [0.15, 0.2) is 0 Å². The average molecular weight is 288 g/mol. The van der Waals surface area contributed by atoms with Crippen molar-refractivity contribution in [2.75, 3.05) is 7.05 Å². The molecule has 2 aliphatic rings. The number of rotatable bonds is 4. The molecule has 2 aliphatic carbocycles. The van der Waals surface area contributed by atoms with Crippen LogP contribution in [0.4, 0.5) is 4.79 Å². The van der Waals surface area contributed by atoms with Gasteiger partial charge >= 0.3 is 6.03 Å². The standard InChI is InChI=1S/C16H24N4O/c1-20(11-13-10-17-7-8-18-13)16(21)19-15-9-14(15)12-5-3-2-4-6-12/h7-8,10,12,14-15H,2-6,9,11H2,1H3,(H,19,21). The molecule has 0 bridgehead atoms. The van der Waals surface area contributed by atoms with E-state index in [1.165, 1.54) is 32.1 Å². The lowest BCUT2D eigenvalue weighted by molar-refractivity contribution is 0.204. The summed E-state index contributed by atoms with van der Waals surface area (Å²) in [5.41, 5.74) is 0.815. The molecule has 1 aromatic rings. The van der Waals surface area contributed by atoms with Gasteiger partial charge in [0.1, 0.15) is 0 Å². The van der Waals surface area contributed by atoms with Crippen molar-refractivity contribution in [3.8, 4) is 0 Å². The van der Waals surface area contributed by atoms with Crippen LogP contribution in [0.3, 0.4) is 0 Å². The molecule has 5 heteroatoms. The van der Waals surface area contributed by atoms with Gasteiger partial charge in [-0.1, -0.05) is 32.1 Å². The van der Waals surface area contributed by atoms with Crippen LogP contribution in [-0.4, -0.2) is 34.0 Å². The fourth-order valence-electron chi connectivity index (χ4n) is 3.46. The minimum absolute atomic E-state index is 0.00367. The lowest BCUT2D eigenvalue weighted by atomic mass is 9.85. The zero-order valence-corrected chi connectivity index (χ0v) is 12.7. The van der Waals surface area contributed by atoms with E-state index in [1.807, 2.05) is 7.05 Å². The third-order valence-electron chi connectivity index (χ3n) is 4.77. The minimum Gasteiger partial charge on any atom is -0.335 e. The summed E-state index contributed by atoms with van der Waals surface area (Å²) >= 11 is 0. The summed E-state index contributed by atoms with van der Waals surface area (Å²) in [7, 11) is 1.81. The van der Waals surface area contributed by atoms with E-state index in [9.17, 15) is 4.79 Å². The van der Waals surface area contributed by atoms with E-state index >= 15 is 0 Å². The quantitative estimate of drug-likeness (QED) is 0.926. The Labute approximate surface area is 126 Å². The largest absolute Gasteiger partial charge is 0.335 e. The van der Waals surface area contributed by atoms with Crippen molar-refractivity contribution < 1.29 is 4.79 Å². The van der Waals surface area contributed by atoms with E-state index in [2.05, 4.69) is 15.3 Å². The van der Waals surface area contributed by atoms with Crippen LogP contribution in [0.5, 0.6) is 0 Å². The summed E-state index contributed by atoms with van der Waals surface area (Å²) < 4.78 is 0. The molecule has 21 heavy (non-hydrogen) atoms. The van der Waals surface area contributed by atoms with Gasteiger partial charge in [0, 0.05) is 25.5 Å². The smallest absolute Gasteiger partial charge is 0.317 e. The molecule has 1 heterocycles. The van der Waals surface area contributed by atoms with Gasteiger partial charge < -0.3 is 10.2 Å². The van der Waals surface area contributed by atoms with E-state index in [4.69, 9.17) is 0 Å². The van der Waals surface area contributed by atoms with Gasteiger partial charge in [0.05, 0.1) is 18.4 Å². The lowest BCUT2D eigenvalue weighted by Gasteiger charge is -2.22. The SMILES string of the molecule is CN(Cc1cnccn1)C(=O)NC1CC1C1CCCCC1. The molecule has 2 saturated carbocycles. The van der Waals surface area contributed by atoms with E-state index in [1.54, 1.807) is 23.5 Å². The van der Waals surface area contributed by atoms with Crippen LogP contribution in [0.15, 0.2) is 18.6 Å². The van der Waals surface area contributed by atoms with E-state index in [0.717, 1.165) is 24.0 Å². The molecule has 2 unspecified atom stereocenters. The minimum atomic E-state index is 0.00367. The molecule has 0 radical (unpaired) electrons. The van der Waals surface area contributed by atoms with E-state index in [0.29, 0.717) is 12.6 Å². The maximum absolute atomic E-state index is 12.2. The highest BCUT2D eigenvalue weighted by molar-refractivity contribution is 5.74. The van der Waals surface area contributed by atoms with Crippen molar-refractivity contribution in [2.24, 2.45) is 11.8 Å². The molecular weight excluding hydrogens is 264 g/mol. The Bertz CT molecular complexity index is 472. The third kappa shape index (κ3) is 3.71. The fraction of sp³-hybridized carbons (Fsp3) is 0.688. The first-order valence-corrected chi connectivity index (χ1v) is 8.00. The maximum Gasteiger partial charge on any atom is 0.317 e. The Morgan fingerprint density at radius 2 is 2.14 bits per heavy atom. The molecular formula is C16H24N4O. The van der Waals surface area contributed by atoms with Crippen molar-refractivity contribution in [1.29, 1.82) is 0 Å². The lowest BCUT2D eigenvalue weighted by Crippen LogP contribution is -2.39. The van der Waals surface area contributed by atoms with Gasteiger partial charge in [-0.3, -0.25) is 9.97 Å². The third-order valence-corrected chi connectivity index (χ3v) is 4.77. The number of hydrogen-bond acceptors (Lipinski definition) is 3. The van der Waals surface area contributed by atoms with Gasteiger partial charge in [0.25, 0.3) is 0 Å². The molecule has 5 nitrogen and oxygen atoms in total. The predicted octanol–water partition coefficient (Wildman–Crippen LogP) is 2.59. The molecule has 2 atom stereocenters. The number of nitrogens with one attached hydrogen (secondary N) is 1. The zero-order chi connectivity index (χ0) is 14.7. The van der Waals surface area contributed by atoms with Crippen molar-refractivity contribution in [3.63, 3.8) is 0 Å². The van der Waals surface area contributed by atoms with Crippen LogP contribution in [0.2, 0.25) is 0 Å². The number of aromatic nitrogens is 2. The summed E-state index contributed by atoms with van der Waals surface area (Å²) in [6.07, 6.45) is 13.0. The Kier molecular flexibility index (Phi) is 4.36. The van der Waals surface area contributed by atoms with Crippen LogP contribution in [-0.2, 0) is 6.54 Å². The monoisotopic (exact) mass is 288 g/mol. The summed E-state index contributed by atoms with van der Waals surface area (Å²) in [5, 5.41) is 3.16. The van der Waals surface area contributed by atoms with Crippen LogP contribution in [0.25, 0.3) is 0 Å². The second kappa shape index (κ2) is 6.41. The number of hydrogen-bond donors (Lipinski definition) is 1. The number of carbonyl (C=O) groups excluding carboxylic acids is 1. The molecule has 0 aromatic carbocycles. The second-order valence-corrected chi connectivity index (χ2v) is 6.41. The van der Waals surface area contributed by atoms with Gasteiger partial charge in [-0.05, 0) is 18.3 Å². The highest BCUT2D eigenvalue weighted by Gasteiger charge is 2.44. The Balaban J connectivity index is 1.44. The first kappa shape index (κ1) is 14.3. The van der Waals surface area contributed by atoms with Gasteiger partial charge in [-0.2, -0.15) is 0 Å². The molecule has 3 rings (SSSR count). The molecule has 2 fully saturated rings. The summed E-state index contributed by atoms with van der Waals surface area (Å²) in [6.45, 7) is 0.500. The predicted molar refractivity (Wildman–Crippen MR) is 80.5 cm³/mol. The molecule has 0 aliphatic heterocycles. The summed E-state index contributed by atoms with van der Waals surface area (Å²) in [5.74, 6) is 1.56. The molecule has 1 aromatic heterocycles. The van der Waals surface area contributed by atoms with Crippen LogP contribution >= 0.6 is 0 Å². The zero-order valence-electron chi connectivity index (χ0n) is 12.7. The molecule has 114 valence electrons. The normalized spacial score (nSPS) is 25.4. The van der Waals surface area contributed by atoms with Crippen molar-refractivity contribution in [1.82, 2.24) is 20.2 Å². The molecule has 0 spiro atoms. The van der Waals surface area contributed by atoms with Crippen molar-refractivity contribution in [2.45, 2.75) is 51.1 Å². The molecule has 2 amide bonds. The first-order chi connectivity index (χ1) is 10.2. The van der Waals surface area contributed by atoms with Crippen LogP contribution < -0.4 is 5.32 Å². The molecule has 1 N–H and O–H groups in total. The van der Waals surface area contributed by atoms with Crippen molar-refractivity contribution >= 4 is 6.03 Å². The van der Waals surface area contributed by atoms with E-state index < -0.39 is 0 Å². The topological polar surface area (TPSA) is 58.1 Å². The second-order valence-electron chi connectivity index (χ2n) is 6.41. The van der Waals surface area contributed by atoms with E-state index in [-0.39, 0.29) is 6.03 Å². The Hall–Kier alpha value is -1.65. The number of carbonyl (C=O) groups is 1. The maximum atomic E-state index is 12.2. The highest BCUT2D eigenvalue weighted by atomic mass is 16.2. The highest BCUT2D eigenvalue weighted by Crippen LogP contribution is 2.44. The van der Waals surface area contributed by atoms with Crippen molar-refractivity contribution in [3.05, 3.63) is 24.3 Å². The number of urea groups is 1. The summed E-state index contributed by atoms with van der Waals surface area (Å²) in [4.78, 5) is 22.1. The Morgan fingerprint density at radius 1 is 1.33 bits per heavy atom. The van der Waals surface area contributed by atoms with Crippen LogP contribution in [0.1, 0.15) is 44.2 Å².